The van der Waals surface area contributed by atoms with Gasteiger partial charge < -0.3 is 14.6 Å². The average Bonchev–Trinajstić information content (AvgIpc) is 3.14. The Kier molecular flexibility index (Phi) is 5.27. The molecule has 2 aromatic heterocycles. The number of hydrogen-bond acceptors (Lipinski definition) is 4. The summed E-state index contributed by atoms with van der Waals surface area (Å²) in [6.07, 6.45) is 1.57. The number of H-pyrrole nitrogens is 1. The summed E-state index contributed by atoms with van der Waals surface area (Å²) in [6, 6.07) is 13.4. The van der Waals surface area contributed by atoms with Crippen molar-refractivity contribution in [2.45, 2.75) is 0 Å². The average molecular weight is 385 g/mol. The number of piperazine rings is 1. The van der Waals surface area contributed by atoms with Gasteiger partial charge in [0.1, 0.15) is 12.3 Å². The number of halogens is 1. The summed E-state index contributed by atoms with van der Waals surface area (Å²) in [5, 5.41) is 1.66. The molecular weight excluding hydrogens is 364 g/mol. The van der Waals surface area contributed by atoms with Crippen molar-refractivity contribution in [3.63, 3.8) is 0 Å². The standard InChI is InChI=1S/C20H21ClN4O2/c21-16-5-6-19(22-14-16)27-12-11-24-7-9-25(10-8-24)20(26)18-13-15-3-1-2-4-17(15)23-18/h1-6,13-14,23H,7-12H2. The highest BCUT2D eigenvalue weighted by Crippen LogP contribution is 2.17. The fourth-order valence-corrected chi connectivity index (χ4v) is 3.37. The normalized spacial score (nSPS) is 15.2. The highest BCUT2D eigenvalue weighted by molar-refractivity contribution is 6.30. The minimum absolute atomic E-state index is 0.0625. The smallest absolute Gasteiger partial charge is 0.270 e. The largest absolute Gasteiger partial charge is 0.476 e. The lowest BCUT2D eigenvalue weighted by molar-refractivity contribution is 0.0614. The second-order valence-corrected chi connectivity index (χ2v) is 7.00. The second kappa shape index (κ2) is 7.98. The van der Waals surface area contributed by atoms with E-state index in [-0.39, 0.29) is 5.91 Å². The number of nitrogens with zero attached hydrogens (tertiary/aromatic N) is 3. The van der Waals surface area contributed by atoms with E-state index in [9.17, 15) is 4.79 Å². The van der Waals surface area contributed by atoms with Gasteiger partial charge in [0.15, 0.2) is 0 Å². The first kappa shape index (κ1) is 17.8. The van der Waals surface area contributed by atoms with Gasteiger partial charge in [-0.05, 0) is 18.2 Å². The topological polar surface area (TPSA) is 61.5 Å². The van der Waals surface area contributed by atoms with Crippen molar-refractivity contribution in [3.05, 3.63) is 59.4 Å². The predicted octanol–water partition coefficient (Wildman–Crippen LogP) is 3.05. The van der Waals surface area contributed by atoms with Crippen molar-refractivity contribution in [2.75, 3.05) is 39.3 Å². The maximum Gasteiger partial charge on any atom is 0.270 e. The number of aromatic amines is 1. The molecule has 1 N–H and O–H groups in total. The lowest BCUT2D eigenvalue weighted by atomic mass is 10.2. The molecule has 0 saturated carbocycles. The van der Waals surface area contributed by atoms with Crippen LogP contribution in [0.4, 0.5) is 0 Å². The zero-order valence-corrected chi connectivity index (χ0v) is 15.7. The van der Waals surface area contributed by atoms with Gasteiger partial charge in [-0.2, -0.15) is 0 Å². The van der Waals surface area contributed by atoms with E-state index in [0.29, 0.717) is 36.3 Å². The number of benzene rings is 1. The van der Waals surface area contributed by atoms with Gasteiger partial charge in [0, 0.05) is 55.9 Å². The molecule has 1 aliphatic rings. The molecule has 7 heteroatoms. The number of ether oxygens (including phenoxy) is 1. The van der Waals surface area contributed by atoms with Crippen molar-refractivity contribution < 1.29 is 9.53 Å². The van der Waals surface area contributed by atoms with E-state index >= 15 is 0 Å². The number of carbonyl (C=O) groups excluding carboxylic acids is 1. The maximum absolute atomic E-state index is 12.7. The molecule has 0 atom stereocenters. The Hall–Kier alpha value is -2.57. The first-order valence-electron chi connectivity index (χ1n) is 9.03. The molecule has 3 aromatic rings. The number of aromatic nitrogens is 2. The Morgan fingerprint density at radius 1 is 1.15 bits per heavy atom. The van der Waals surface area contributed by atoms with Crippen LogP contribution in [-0.4, -0.2) is 65.0 Å². The zero-order chi connectivity index (χ0) is 18.6. The number of rotatable bonds is 5. The second-order valence-electron chi connectivity index (χ2n) is 6.57. The van der Waals surface area contributed by atoms with E-state index in [4.69, 9.17) is 16.3 Å². The highest BCUT2D eigenvalue weighted by atomic mass is 35.5. The van der Waals surface area contributed by atoms with Crippen LogP contribution in [0.2, 0.25) is 5.02 Å². The maximum atomic E-state index is 12.7. The van der Waals surface area contributed by atoms with E-state index in [0.717, 1.165) is 30.5 Å². The van der Waals surface area contributed by atoms with E-state index < -0.39 is 0 Å². The van der Waals surface area contributed by atoms with Gasteiger partial charge in [-0.15, -0.1) is 0 Å². The summed E-state index contributed by atoms with van der Waals surface area (Å²) in [5.41, 5.74) is 1.65. The molecule has 4 rings (SSSR count). The molecule has 3 heterocycles. The predicted molar refractivity (Wildman–Crippen MR) is 105 cm³/mol. The number of fused-ring (bicyclic) bond motifs is 1. The Labute approximate surface area is 162 Å². The molecule has 1 amide bonds. The summed E-state index contributed by atoms with van der Waals surface area (Å²) in [6.45, 7) is 4.47. The van der Waals surface area contributed by atoms with Crippen molar-refractivity contribution in [2.24, 2.45) is 0 Å². The Bertz CT molecular complexity index is 884. The molecule has 0 unspecified atom stereocenters. The third-order valence-corrected chi connectivity index (χ3v) is 5.00. The quantitative estimate of drug-likeness (QED) is 0.734. The molecule has 0 aliphatic carbocycles. The van der Waals surface area contributed by atoms with Gasteiger partial charge in [-0.25, -0.2) is 4.98 Å². The van der Waals surface area contributed by atoms with Gasteiger partial charge >= 0.3 is 0 Å². The van der Waals surface area contributed by atoms with Crippen LogP contribution in [-0.2, 0) is 0 Å². The lowest BCUT2D eigenvalue weighted by Crippen LogP contribution is -2.49. The van der Waals surface area contributed by atoms with Crippen molar-refractivity contribution in [3.8, 4) is 5.88 Å². The van der Waals surface area contributed by atoms with Crippen molar-refractivity contribution in [1.82, 2.24) is 19.8 Å². The molecule has 6 nitrogen and oxygen atoms in total. The summed E-state index contributed by atoms with van der Waals surface area (Å²) >= 11 is 5.81. The van der Waals surface area contributed by atoms with Crippen molar-refractivity contribution >= 4 is 28.4 Å². The molecule has 27 heavy (non-hydrogen) atoms. The highest BCUT2D eigenvalue weighted by Gasteiger charge is 2.23. The monoisotopic (exact) mass is 384 g/mol. The van der Waals surface area contributed by atoms with E-state index in [1.807, 2.05) is 35.2 Å². The molecular formula is C20H21ClN4O2. The zero-order valence-electron chi connectivity index (χ0n) is 14.9. The molecule has 0 spiro atoms. The van der Waals surface area contributed by atoms with Crippen LogP contribution in [0.5, 0.6) is 5.88 Å². The van der Waals surface area contributed by atoms with Crippen molar-refractivity contribution in [1.29, 1.82) is 0 Å². The number of hydrogen-bond donors (Lipinski definition) is 1. The van der Waals surface area contributed by atoms with Crippen LogP contribution in [0.1, 0.15) is 10.5 Å². The molecule has 0 radical (unpaired) electrons. The van der Waals surface area contributed by atoms with Crippen LogP contribution >= 0.6 is 11.6 Å². The third kappa shape index (κ3) is 4.23. The van der Waals surface area contributed by atoms with E-state index in [2.05, 4.69) is 14.9 Å². The van der Waals surface area contributed by atoms with Crippen LogP contribution in [0.15, 0.2) is 48.7 Å². The summed E-state index contributed by atoms with van der Waals surface area (Å²) in [4.78, 5) is 24.3. The molecule has 140 valence electrons. The fourth-order valence-electron chi connectivity index (χ4n) is 3.26. The van der Waals surface area contributed by atoms with E-state index in [1.165, 1.54) is 0 Å². The number of pyridine rings is 1. The number of carbonyl (C=O) groups is 1. The van der Waals surface area contributed by atoms with Gasteiger partial charge in [-0.3, -0.25) is 9.69 Å². The molecule has 1 aromatic carbocycles. The number of amides is 1. The lowest BCUT2D eigenvalue weighted by Gasteiger charge is -2.34. The first-order chi connectivity index (χ1) is 13.2. The number of para-hydroxylation sites is 1. The SMILES string of the molecule is O=C(c1cc2ccccc2[nH]1)N1CCN(CCOc2ccc(Cl)cn2)CC1. The van der Waals surface area contributed by atoms with Gasteiger partial charge in [0.05, 0.1) is 5.02 Å². The van der Waals surface area contributed by atoms with Gasteiger partial charge in [0.2, 0.25) is 5.88 Å². The molecule has 1 aliphatic heterocycles. The summed E-state index contributed by atoms with van der Waals surface area (Å²) in [5.74, 6) is 0.638. The summed E-state index contributed by atoms with van der Waals surface area (Å²) in [7, 11) is 0. The van der Waals surface area contributed by atoms with Crippen LogP contribution in [0, 0.1) is 0 Å². The summed E-state index contributed by atoms with van der Waals surface area (Å²) < 4.78 is 5.64. The Morgan fingerprint density at radius 2 is 1.96 bits per heavy atom. The fraction of sp³-hybridized carbons (Fsp3) is 0.300. The Morgan fingerprint density at radius 3 is 2.70 bits per heavy atom. The Balaban J connectivity index is 1.25. The molecule has 0 bridgehead atoms. The first-order valence-corrected chi connectivity index (χ1v) is 9.40. The molecule has 1 saturated heterocycles. The van der Waals surface area contributed by atoms with Gasteiger partial charge in [-0.1, -0.05) is 29.8 Å². The van der Waals surface area contributed by atoms with E-state index in [1.54, 1.807) is 18.3 Å². The van der Waals surface area contributed by atoms with Gasteiger partial charge in [0.25, 0.3) is 5.91 Å². The minimum atomic E-state index is 0.0625. The van der Waals surface area contributed by atoms with Crippen LogP contribution < -0.4 is 4.74 Å². The minimum Gasteiger partial charge on any atom is -0.476 e. The van der Waals surface area contributed by atoms with Crippen LogP contribution in [0.25, 0.3) is 10.9 Å². The van der Waals surface area contributed by atoms with Crippen LogP contribution in [0.3, 0.4) is 0 Å². The number of nitrogens with one attached hydrogen (secondary N) is 1. The third-order valence-electron chi connectivity index (χ3n) is 4.78. The molecule has 1 fully saturated rings.